The maximum absolute atomic E-state index is 12.9. The van der Waals surface area contributed by atoms with Crippen LogP contribution in [0.2, 0.25) is 0 Å². The Morgan fingerprint density at radius 2 is 1.81 bits per heavy atom. The number of nitrogens with zero attached hydrogens (tertiary/aromatic N) is 2. The molecule has 0 unspecified atom stereocenters. The van der Waals surface area contributed by atoms with Crippen LogP contribution in [0.5, 0.6) is 5.75 Å². The molecule has 27 heavy (non-hydrogen) atoms. The first-order chi connectivity index (χ1) is 12.7. The first-order valence-electron chi connectivity index (χ1n) is 9.07. The Kier molecular flexibility index (Phi) is 5.25. The molecule has 2 heterocycles. The quantitative estimate of drug-likeness (QED) is 0.812. The Balaban J connectivity index is 1.65. The van der Waals surface area contributed by atoms with Crippen molar-refractivity contribution in [2.24, 2.45) is 0 Å². The second-order valence-electron chi connectivity index (χ2n) is 7.66. The Hall–Kier alpha value is -2.77. The van der Waals surface area contributed by atoms with E-state index in [0.29, 0.717) is 49.6 Å². The van der Waals surface area contributed by atoms with Gasteiger partial charge < -0.3 is 24.6 Å². The van der Waals surface area contributed by atoms with Gasteiger partial charge in [0.2, 0.25) is 0 Å². The van der Waals surface area contributed by atoms with Gasteiger partial charge in [-0.05, 0) is 45.4 Å². The van der Waals surface area contributed by atoms with E-state index in [4.69, 9.17) is 9.47 Å². The molecule has 0 spiro atoms. The number of carbonyl (C=O) groups excluding carboxylic acids is 3. The van der Waals surface area contributed by atoms with Crippen molar-refractivity contribution in [2.75, 3.05) is 38.1 Å². The third-order valence-corrected chi connectivity index (χ3v) is 4.29. The Labute approximate surface area is 158 Å². The van der Waals surface area contributed by atoms with Crippen molar-refractivity contribution in [1.82, 2.24) is 9.80 Å². The molecule has 0 radical (unpaired) electrons. The molecular formula is C19H25N3O5. The van der Waals surface area contributed by atoms with Crippen LogP contribution in [0.3, 0.4) is 0 Å². The lowest BCUT2D eigenvalue weighted by molar-refractivity contribution is -0.118. The predicted molar refractivity (Wildman–Crippen MR) is 98.9 cm³/mol. The molecule has 0 bridgehead atoms. The zero-order valence-electron chi connectivity index (χ0n) is 15.9. The highest BCUT2D eigenvalue weighted by molar-refractivity contribution is 5.99. The van der Waals surface area contributed by atoms with E-state index in [9.17, 15) is 14.4 Å². The van der Waals surface area contributed by atoms with Crippen molar-refractivity contribution in [1.29, 1.82) is 0 Å². The maximum Gasteiger partial charge on any atom is 0.410 e. The average Bonchev–Trinajstić information content (AvgIpc) is 2.85. The van der Waals surface area contributed by atoms with Crippen LogP contribution in [-0.4, -0.2) is 66.1 Å². The highest BCUT2D eigenvalue weighted by Gasteiger charge is 2.27. The highest BCUT2D eigenvalue weighted by Crippen LogP contribution is 2.29. The first-order valence-corrected chi connectivity index (χ1v) is 9.07. The highest BCUT2D eigenvalue weighted by atomic mass is 16.6. The summed E-state index contributed by atoms with van der Waals surface area (Å²) in [6, 6.07) is 5.01. The smallest absolute Gasteiger partial charge is 0.410 e. The SMILES string of the molecule is CC(C)(C)OC(=O)N1CCCN(C(=O)c2ccc3c(c2)NC(=O)CO3)CC1. The normalized spacial score (nSPS) is 17.4. The minimum atomic E-state index is -0.547. The maximum atomic E-state index is 12.9. The van der Waals surface area contributed by atoms with Gasteiger partial charge in [-0.1, -0.05) is 0 Å². The number of ether oxygens (including phenoxy) is 2. The number of carbonyl (C=O) groups is 3. The summed E-state index contributed by atoms with van der Waals surface area (Å²) in [5, 5.41) is 2.71. The molecule has 0 aromatic heterocycles. The fraction of sp³-hybridized carbons (Fsp3) is 0.526. The molecule has 1 fully saturated rings. The van der Waals surface area contributed by atoms with Crippen molar-refractivity contribution in [3.05, 3.63) is 23.8 Å². The van der Waals surface area contributed by atoms with E-state index < -0.39 is 5.60 Å². The molecule has 1 N–H and O–H groups in total. The van der Waals surface area contributed by atoms with Crippen LogP contribution in [0.4, 0.5) is 10.5 Å². The van der Waals surface area contributed by atoms with E-state index >= 15 is 0 Å². The van der Waals surface area contributed by atoms with Crippen molar-refractivity contribution in [3.8, 4) is 5.75 Å². The van der Waals surface area contributed by atoms with Gasteiger partial charge in [-0.15, -0.1) is 0 Å². The minimum absolute atomic E-state index is 0.0209. The molecular weight excluding hydrogens is 350 g/mol. The van der Waals surface area contributed by atoms with Gasteiger partial charge in [0.05, 0.1) is 5.69 Å². The lowest BCUT2D eigenvalue weighted by Gasteiger charge is -2.26. The van der Waals surface area contributed by atoms with Crippen molar-refractivity contribution in [3.63, 3.8) is 0 Å². The fourth-order valence-electron chi connectivity index (χ4n) is 3.03. The van der Waals surface area contributed by atoms with Gasteiger partial charge in [-0.2, -0.15) is 0 Å². The van der Waals surface area contributed by atoms with Gasteiger partial charge in [0.25, 0.3) is 11.8 Å². The largest absolute Gasteiger partial charge is 0.482 e. The summed E-state index contributed by atoms with van der Waals surface area (Å²) in [5.41, 5.74) is 0.432. The number of hydrogen-bond acceptors (Lipinski definition) is 5. The first kappa shape index (κ1) is 19.0. The third-order valence-electron chi connectivity index (χ3n) is 4.29. The van der Waals surface area contributed by atoms with E-state index in [1.807, 2.05) is 20.8 Å². The molecule has 1 aromatic rings. The molecule has 0 atom stereocenters. The molecule has 3 rings (SSSR count). The summed E-state index contributed by atoms with van der Waals surface area (Å²) in [6.45, 7) is 7.42. The van der Waals surface area contributed by atoms with Gasteiger partial charge in [-0.3, -0.25) is 9.59 Å². The van der Waals surface area contributed by atoms with Crippen LogP contribution in [0.25, 0.3) is 0 Å². The summed E-state index contributed by atoms with van der Waals surface area (Å²) < 4.78 is 10.7. The van der Waals surface area contributed by atoms with Crippen LogP contribution < -0.4 is 10.1 Å². The molecule has 146 valence electrons. The van der Waals surface area contributed by atoms with Gasteiger partial charge in [0.15, 0.2) is 6.61 Å². The number of anilines is 1. The van der Waals surface area contributed by atoms with Gasteiger partial charge in [0.1, 0.15) is 11.4 Å². The Morgan fingerprint density at radius 1 is 1.11 bits per heavy atom. The number of rotatable bonds is 1. The number of fused-ring (bicyclic) bond motifs is 1. The van der Waals surface area contributed by atoms with Crippen LogP contribution in [-0.2, 0) is 9.53 Å². The Morgan fingerprint density at radius 3 is 2.56 bits per heavy atom. The van der Waals surface area contributed by atoms with E-state index in [1.54, 1.807) is 28.0 Å². The monoisotopic (exact) mass is 375 g/mol. The van der Waals surface area contributed by atoms with Crippen LogP contribution in [0, 0.1) is 0 Å². The van der Waals surface area contributed by atoms with Crippen molar-refractivity contribution < 1.29 is 23.9 Å². The van der Waals surface area contributed by atoms with E-state index in [1.165, 1.54) is 0 Å². The summed E-state index contributed by atoms with van der Waals surface area (Å²) in [4.78, 5) is 39.9. The number of benzene rings is 1. The van der Waals surface area contributed by atoms with Crippen LogP contribution >= 0.6 is 0 Å². The third kappa shape index (κ3) is 4.69. The van der Waals surface area contributed by atoms with Gasteiger partial charge in [-0.25, -0.2) is 4.79 Å². The molecule has 8 heteroatoms. The predicted octanol–water partition coefficient (Wildman–Crippen LogP) is 2.10. The average molecular weight is 375 g/mol. The molecule has 1 saturated heterocycles. The summed E-state index contributed by atoms with van der Waals surface area (Å²) in [7, 11) is 0. The van der Waals surface area contributed by atoms with Crippen molar-refractivity contribution in [2.45, 2.75) is 32.8 Å². The standard InChI is InChI=1S/C19H25N3O5/c1-19(2,3)27-18(25)22-8-4-7-21(9-10-22)17(24)13-5-6-15-14(11-13)20-16(23)12-26-15/h5-6,11H,4,7-10,12H2,1-3H3,(H,20,23). The molecule has 1 aromatic carbocycles. The van der Waals surface area contributed by atoms with Crippen LogP contribution in [0.15, 0.2) is 18.2 Å². The molecule has 2 aliphatic heterocycles. The topological polar surface area (TPSA) is 88.2 Å². The van der Waals surface area contributed by atoms with E-state index in [0.717, 1.165) is 0 Å². The molecule has 3 amide bonds. The molecule has 8 nitrogen and oxygen atoms in total. The molecule has 2 aliphatic rings. The summed E-state index contributed by atoms with van der Waals surface area (Å²) in [5.74, 6) is 0.177. The Bertz CT molecular complexity index is 756. The second kappa shape index (κ2) is 7.46. The molecule has 0 saturated carbocycles. The van der Waals surface area contributed by atoms with E-state index in [-0.39, 0.29) is 24.5 Å². The second-order valence-corrected chi connectivity index (χ2v) is 7.66. The fourth-order valence-corrected chi connectivity index (χ4v) is 3.03. The van der Waals surface area contributed by atoms with Crippen molar-refractivity contribution >= 4 is 23.6 Å². The lowest BCUT2D eigenvalue weighted by Crippen LogP contribution is -2.40. The van der Waals surface area contributed by atoms with Gasteiger partial charge in [0, 0.05) is 31.7 Å². The zero-order valence-corrected chi connectivity index (χ0v) is 15.9. The number of nitrogens with one attached hydrogen (secondary N) is 1. The molecule has 0 aliphatic carbocycles. The summed E-state index contributed by atoms with van der Waals surface area (Å²) in [6.07, 6.45) is 0.320. The number of hydrogen-bond donors (Lipinski definition) is 1. The lowest BCUT2D eigenvalue weighted by atomic mass is 10.1. The van der Waals surface area contributed by atoms with Crippen LogP contribution in [0.1, 0.15) is 37.6 Å². The van der Waals surface area contributed by atoms with Gasteiger partial charge >= 0.3 is 6.09 Å². The number of amides is 3. The zero-order chi connectivity index (χ0) is 19.6. The summed E-state index contributed by atoms with van der Waals surface area (Å²) >= 11 is 0. The minimum Gasteiger partial charge on any atom is -0.482 e. The van der Waals surface area contributed by atoms with E-state index in [2.05, 4.69) is 5.32 Å².